The van der Waals surface area contributed by atoms with Crippen molar-refractivity contribution in [3.05, 3.63) is 53.1 Å². The molecule has 1 aliphatic rings. The van der Waals surface area contributed by atoms with E-state index in [2.05, 4.69) is 10.3 Å². The Morgan fingerprint density at radius 1 is 1.16 bits per heavy atom. The molecule has 98 valence electrons. The van der Waals surface area contributed by atoms with Crippen molar-refractivity contribution >= 4 is 5.82 Å². The Bertz CT molecular complexity index is 597. The first kappa shape index (κ1) is 12.0. The van der Waals surface area contributed by atoms with Gasteiger partial charge in [-0.15, -0.1) is 0 Å². The molecule has 0 aliphatic heterocycles. The second-order valence-electron chi connectivity index (χ2n) is 4.94. The van der Waals surface area contributed by atoms with Gasteiger partial charge in [0.2, 0.25) is 0 Å². The lowest BCUT2D eigenvalue weighted by Gasteiger charge is -2.13. The topological polar surface area (TPSA) is 46.9 Å². The van der Waals surface area contributed by atoms with Crippen molar-refractivity contribution in [2.75, 3.05) is 5.32 Å². The van der Waals surface area contributed by atoms with Gasteiger partial charge in [-0.25, -0.2) is 4.98 Å². The molecule has 3 rings (SSSR count). The van der Waals surface area contributed by atoms with Crippen LogP contribution in [0.25, 0.3) is 5.69 Å². The summed E-state index contributed by atoms with van der Waals surface area (Å²) < 4.78 is 1.59. The lowest BCUT2D eigenvalue weighted by atomic mass is 10.2. The minimum Gasteiger partial charge on any atom is -0.367 e. The number of rotatable bonds is 3. The van der Waals surface area contributed by atoms with Crippen molar-refractivity contribution in [3.63, 3.8) is 0 Å². The SMILES string of the molecule is O=c1ccccn1-c1ccc(NC2CCCC2)nc1. The van der Waals surface area contributed by atoms with Gasteiger partial charge in [0.25, 0.3) is 5.56 Å². The van der Waals surface area contributed by atoms with E-state index in [-0.39, 0.29) is 5.56 Å². The standard InChI is InChI=1S/C15H17N3O/c19-15-7-3-4-10-18(15)13-8-9-14(16-11-13)17-12-5-1-2-6-12/h3-4,7-12H,1-2,5-6H2,(H,16,17). The monoisotopic (exact) mass is 255 g/mol. The van der Waals surface area contributed by atoms with Gasteiger partial charge >= 0.3 is 0 Å². The third-order valence-corrected chi connectivity index (χ3v) is 3.56. The molecule has 0 saturated heterocycles. The summed E-state index contributed by atoms with van der Waals surface area (Å²) >= 11 is 0. The Balaban J connectivity index is 1.79. The zero-order valence-corrected chi connectivity index (χ0v) is 10.7. The van der Waals surface area contributed by atoms with Crippen LogP contribution in [-0.4, -0.2) is 15.6 Å². The van der Waals surface area contributed by atoms with Crippen LogP contribution < -0.4 is 10.9 Å². The molecule has 0 aromatic carbocycles. The zero-order valence-electron chi connectivity index (χ0n) is 10.7. The molecule has 4 heteroatoms. The van der Waals surface area contributed by atoms with E-state index in [9.17, 15) is 4.79 Å². The van der Waals surface area contributed by atoms with E-state index in [1.165, 1.54) is 25.7 Å². The van der Waals surface area contributed by atoms with Crippen LogP contribution in [0.4, 0.5) is 5.82 Å². The van der Waals surface area contributed by atoms with Crippen molar-refractivity contribution in [1.82, 2.24) is 9.55 Å². The van der Waals surface area contributed by atoms with Crippen molar-refractivity contribution in [3.8, 4) is 5.69 Å². The second-order valence-corrected chi connectivity index (χ2v) is 4.94. The van der Waals surface area contributed by atoms with Crippen LogP contribution in [0, 0.1) is 0 Å². The van der Waals surface area contributed by atoms with Crippen LogP contribution in [0.5, 0.6) is 0 Å². The summed E-state index contributed by atoms with van der Waals surface area (Å²) in [6, 6.07) is 9.54. The van der Waals surface area contributed by atoms with E-state index in [0.717, 1.165) is 11.5 Å². The molecular weight excluding hydrogens is 238 g/mol. The summed E-state index contributed by atoms with van der Waals surface area (Å²) in [5.74, 6) is 0.889. The summed E-state index contributed by atoms with van der Waals surface area (Å²) in [6.07, 6.45) is 8.54. The molecule has 0 bridgehead atoms. The van der Waals surface area contributed by atoms with Gasteiger partial charge in [-0.1, -0.05) is 18.9 Å². The number of nitrogens with one attached hydrogen (secondary N) is 1. The van der Waals surface area contributed by atoms with Crippen LogP contribution in [0.2, 0.25) is 0 Å². The lowest BCUT2D eigenvalue weighted by Crippen LogP contribution is -2.17. The summed E-state index contributed by atoms with van der Waals surface area (Å²) in [7, 11) is 0. The quantitative estimate of drug-likeness (QED) is 0.917. The highest BCUT2D eigenvalue weighted by Gasteiger charge is 2.14. The Morgan fingerprint density at radius 3 is 2.68 bits per heavy atom. The number of pyridine rings is 2. The molecule has 0 atom stereocenters. The smallest absolute Gasteiger partial charge is 0.255 e. The fourth-order valence-electron chi connectivity index (χ4n) is 2.53. The Labute approximate surface area is 112 Å². The fourth-order valence-corrected chi connectivity index (χ4v) is 2.53. The van der Waals surface area contributed by atoms with Crippen LogP contribution in [-0.2, 0) is 0 Å². The average Bonchev–Trinajstić information content (AvgIpc) is 2.93. The molecule has 0 amide bonds. The number of nitrogens with zero attached hydrogens (tertiary/aromatic N) is 2. The highest BCUT2D eigenvalue weighted by molar-refractivity contribution is 5.41. The van der Waals surface area contributed by atoms with Crippen LogP contribution in [0.15, 0.2) is 47.5 Å². The number of aromatic nitrogens is 2. The minimum atomic E-state index is -0.0409. The maximum absolute atomic E-state index is 11.7. The van der Waals surface area contributed by atoms with Gasteiger partial charge in [-0.05, 0) is 31.0 Å². The van der Waals surface area contributed by atoms with E-state index in [4.69, 9.17) is 0 Å². The van der Waals surface area contributed by atoms with Crippen LogP contribution in [0.1, 0.15) is 25.7 Å². The first-order valence-corrected chi connectivity index (χ1v) is 6.73. The molecule has 2 aromatic heterocycles. The van der Waals surface area contributed by atoms with E-state index in [1.54, 1.807) is 29.1 Å². The highest BCUT2D eigenvalue weighted by atomic mass is 16.1. The largest absolute Gasteiger partial charge is 0.367 e. The predicted molar refractivity (Wildman–Crippen MR) is 75.7 cm³/mol. The lowest BCUT2D eigenvalue weighted by molar-refractivity contribution is 0.750. The summed E-state index contributed by atoms with van der Waals surface area (Å²) in [5.41, 5.74) is 0.753. The molecule has 4 nitrogen and oxygen atoms in total. The molecule has 19 heavy (non-hydrogen) atoms. The van der Waals surface area contributed by atoms with Crippen LogP contribution in [0.3, 0.4) is 0 Å². The first-order chi connectivity index (χ1) is 9.33. The summed E-state index contributed by atoms with van der Waals surface area (Å²) in [5, 5.41) is 3.44. The molecule has 1 saturated carbocycles. The molecule has 1 fully saturated rings. The molecule has 0 unspecified atom stereocenters. The van der Waals surface area contributed by atoms with Crippen molar-refractivity contribution in [2.45, 2.75) is 31.7 Å². The van der Waals surface area contributed by atoms with Crippen molar-refractivity contribution in [2.24, 2.45) is 0 Å². The van der Waals surface area contributed by atoms with E-state index < -0.39 is 0 Å². The van der Waals surface area contributed by atoms with Crippen molar-refractivity contribution in [1.29, 1.82) is 0 Å². The maximum Gasteiger partial charge on any atom is 0.255 e. The van der Waals surface area contributed by atoms with Crippen molar-refractivity contribution < 1.29 is 0 Å². The second kappa shape index (κ2) is 5.26. The third kappa shape index (κ3) is 2.67. The predicted octanol–water partition coefficient (Wildman–Crippen LogP) is 2.59. The molecule has 0 spiro atoms. The van der Waals surface area contributed by atoms with Gasteiger partial charge in [0.05, 0.1) is 11.9 Å². The molecule has 1 aliphatic carbocycles. The normalized spacial score (nSPS) is 15.6. The summed E-state index contributed by atoms with van der Waals surface area (Å²) in [4.78, 5) is 16.1. The Morgan fingerprint density at radius 2 is 2.00 bits per heavy atom. The fraction of sp³-hybridized carbons (Fsp3) is 0.333. The first-order valence-electron chi connectivity index (χ1n) is 6.73. The van der Waals surface area contributed by atoms with Gasteiger partial charge in [0.1, 0.15) is 5.82 Å². The van der Waals surface area contributed by atoms with Gasteiger partial charge in [-0.2, -0.15) is 0 Å². The number of hydrogen-bond donors (Lipinski definition) is 1. The summed E-state index contributed by atoms with van der Waals surface area (Å²) in [6.45, 7) is 0. The van der Waals surface area contributed by atoms with Crippen LogP contribution >= 0.6 is 0 Å². The number of anilines is 1. The van der Waals surface area contributed by atoms with E-state index in [1.807, 2.05) is 18.2 Å². The molecule has 0 radical (unpaired) electrons. The zero-order chi connectivity index (χ0) is 13.1. The highest BCUT2D eigenvalue weighted by Crippen LogP contribution is 2.21. The Hall–Kier alpha value is -2.10. The Kier molecular flexibility index (Phi) is 3.31. The molecule has 1 N–H and O–H groups in total. The molecular formula is C15H17N3O. The minimum absolute atomic E-state index is 0.0409. The third-order valence-electron chi connectivity index (χ3n) is 3.56. The van der Waals surface area contributed by atoms with Gasteiger partial charge in [0.15, 0.2) is 0 Å². The van der Waals surface area contributed by atoms with Gasteiger partial charge < -0.3 is 5.32 Å². The van der Waals surface area contributed by atoms with Gasteiger partial charge in [0, 0.05) is 18.3 Å². The van der Waals surface area contributed by atoms with E-state index >= 15 is 0 Å². The molecule has 2 heterocycles. The van der Waals surface area contributed by atoms with Gasteiger partial charge in [-0.3, -0.25) is 9.36 Å². The van der Waals surface area contributed by atoms with E-state index in [0.29, 0.717) is 6.04 Å². The molecule has 2 aromatic rings. The number of hydrogen-bond acceptors (Lipinski definition) is 3. The maximum atomic E-state index is 11.7. The average molecular weight is 255 g/mol.